The lowest BCUT2D eigenvalue weighted by molar-refractivity contribution is -0.133. The van der Waals surface area contributed by atoms with Crippen LogP contribution in [0.3, 0.4) is 0 Å². The number of hydrogen-bond donors (Lipinski definition) is 0. The van der Waals surface area contributed by atoms with Crippen LogP contribution >= 0.6 is 11.3 Å². The zero-order chi connectivity index (χ0) is 18.4. The number of allylic oxidation sites excluding steroid dienone is 1. The van der Waals surface area contributed by atoms with Crippen LogP contribution in [0, 0.1) is 17.1 Å². The Bertz CT molecular complexity index is 970. The SMILES string of the molecule is N#C/C(=C/c1ccc(OC(=O)Cc2cccs2)cc1)c1ccccc1F. The topological polar surface area (TPSA) is 50.1 Å². The largest absolute Gasteiger partial charge is 0.426 e. The van der Waals surface area contributed by atoms with E-state index in [0.717, 1.165) is 4.88 Å². The van der Waals surface area contributed by atoms with E-state index in [4.69, 9.17) is 4.74 Å². The number of benzene rings is 2. The molecule has 0 saturated heterocycles. The highest BCUT2D eigenvalue weighted by Crippen LogP contribution is 2.22. The number of nitrogens with zero attached hydrogens (tertiary/aromatic N) is 1. The van der Waals surface area contributed by atoms with Gasteiger partial charge in [-0.25, -0.2) is 4.39 Å². The summed E-state index contributed by atoms with van der Waals surface area (Å²) in [6, 6.07) is 18.6. The van der Waals surface area contributed by atoms with Gasteiger partial charge in [0.25, 0.3) is 0 Å². The average molecular weight is 363 g/mol. The van der Waals surface area contributed by atoms with E-state index in [9.17, 15) is 14.4 Å². The molecule has 0 aliphatic heterocycles. The Morgan fingerprint density at radius 2 is 1.88 bits per heavy atom. The molecular weight excluding hydrogens is 349 g/mol. The minimum atomic E-state index is -0.445. The first kappa shape index (κ1) is 17.6. The Balaban J connectivity index is 1.72. The zero-order valence-electron chi connectivity index (χ0n) is 13.7. The van der Waals surface area contributed by atoms with E-state index in [0.29, 0.717) is 11.3 Å². The quantitative estimate of drug-likeness (QED) is 0.274. The predicted molar refractivity (Wildman–Crippen MR) is 100.0 cm³/mol. The molecule has 1 heterocycles. The zero-order valence-corrected chi connectivity index (χ0v) is 14.5. The normalized spacial score (nSPS) is 11.0. The highest BCUT2D eigenvalue weighted by atomic mass is 32.1. The summed E-state index contributed by atoms with van der Waals surface area (Å²) in [5.74, 6) is -0.354. The van der Waals surface area contributed by atoms with Crippen molar-refractivity contribution in [2.45, 2.75) is 6.42 Å². The second-order valence-corrected chi connectivity index (χ2v) is 6.48. The second kappa shape index (κ2) is 8.24. The number of esters is 1. The smallest absolute Gasteiger partial charge is 0.316 e. The summed E-state index contributed by atoms with van der Waals surface area (Å²) in [6.07, 6.45) is 1.82. The lowest BCUT2D eigenvalue weighted by Gasteiger charge is -2.05. The summed E-state index contributed by atoms with van der Waals surface area (Å²) in [5.41, 5.74) is 1.19. The first-order valence-electron chi connectivity index (χ1n) is 7.85. The van der Waals surface area contributed by atoms with E-state index in [-0.39, 0.29) is 23.5 Å². The number of rotatable bonds is 5. The number of carbonyl (C=O) groups excluding carboxylic acids is 1. The van der Waals surface area contributed by atoms with Crippen molar-refractivity contribution in [1.29, 1.82) is 5.26 Å². The number of thiophene rings is 1. The Kier molecular flexibility index (Phi) is 5.57. The number of hydrogen-bond acceptors (Lipinski definition) is 4. The van der Waals surface area contributed by atoms with Crippen LogP contribution < -0.4 is 4.74 Å². The van der Waals surface area contributed by atoms with E-state index in [2.05, 4.69) is 0 Å². The van der Waals surface area contributed by atoms with Crippen LogP contribution in [-0.4, -0.2) is 5.97 Å². The molecule has 0 unspecified atom stereocenters. The lowest BCUT2D eigenvalue weighted by atomic mass is 10.0. The Morgan fingerprint density at radius 3 is 2.54 bits per heavy atom. The van der Waals surface area contributed by atoms with Crippen LogP contribution in [-0.2, 0) is 11.2 Å². The summed E-state index contributed by atoms with van der Waals surface area (Å²) < 4.78 is 19.1. The van der Waals surface area contributed by atoms with Crippen molar-refractivity contribution >= 4 is 29.0 Å². The lowest BCUT2D eigenvalue weighted by Crippen LogP contribution is -2.10. The third kappa shape index (κ3) is 4.44. The van der Waals surface area contributed by atoms with Crippen LogP contribution in [0.5, 0.6) is 5.75 Å². The molecule has 1 aromatic heterocycles. The molecule has 3 aromatic rings. The molecule has 5 heteroatoms. The number of carbonyl (C=O) groups is 1. The first-order chi connectivity index (χ1) is 12.7. The van der Waals surface area contributed by atoms with Crippen LogP contribution in [0.25, 0.3) is 11.6 Å². The number of ether oxygens (including phenoxy) is 1. The van der Waals surface area contributed by atoms with Gasteiger partial charge in [0.1, 0.15) is 11.6 Å². The maximum Gasteiger partial charge on any atom is 0.316 e. The third-order valence-corrected chi connectivity index (χ3v) is 4.48. The van der Waals surface area contributed by atoms with Gasteiger partial charge in [-0.15, -0.1) is 11.3 Å². The van der Waals surface area contributed by atoms with Gasteiger partial charge in [0.2, 0.25) is 0 Å². The van der Waals surface area contributed by atoms with Crippen molar-refractivity contribution in [3.63, 3.8) is 0 Å². The van der Waals surface area contributed by atoms with E-state index in [1.165, 1.54) is 17.4 Å². The van der Waals surface area contributed by atoms with Gasteiger partial charge < -0.3 is 4.74 Å². The summed E-state index contributed by atoms with van der Waals surface area (Å²) in [6.45, 7) is 0. The standard InChI is InChI=1S/C21H14FNO2S/c22-20-6-2-1-5-19(20)16(14-23)12-15-7-9-17(10-8-15)25-21(24)13-18-4-3-11-26-18/h1-12H,13H2/b16-12-. The Morgan fingerprint density at radius 1 is 1.12 bits per heavy atom. The summed E-state index contributed by atoms with van der Waals surface area (Å²) in [4.78, 5) is 12.8. The second-order valence-electron chi connectivity index (χ2n) is 5.45. The molecule has 0 saturated carbocycles. The van der Waals surface area contributed by atoms with Gasteiger partial charge in [0.05, 0.1) is 18.1 Å². The molecule has 0 spiro atoms. The Hall–Kier alpha value is -3.23. The molecule has 0 atom stereocenters. The van der Waals surface area contributed by atoms with Crippen molar-refractivity contribution in [3.05, 3.63) is 87.9 Å². The van der Waals surface area contributed by atoms with Gasteiger partial charge in [-0.2, -0.15) is 5.26 Å². The molecule has 3 rings (SSSR count). The van der Waals surface area contributed by atoms with Crippen LogP contribution in [0.4, 0.5) is 4.39 Å². The fourth-order valence-corrected chi connectivity index (χ4v) is 3.06. The maximum atomic E-state index is 13.8. The van der Waals surface area contributed by atoms with Crippen LogP contribution in [0.15, 0.2) is 66.0 Å². The van der Waals surface area contributed by atoms with Crippen molar-refractivity contribution in [1.82, 2.24) is 0 Å². The van der Waals surface area contributed by atoms with Crippen molar-refractivity contribution in [2.24, 2.45) is 0 Å². The van der Waals surface area contributed by atoms with E-state index in [1.807, 2.05) is 23.6 Å². The van der Waals surface area contributed by atoms with Crippen LogP contribution in [0.2, 0.25) is 0 Å². The fraction of sp³-hybridized carbons (Fsp3) is 0.0476. The van der Waals surface area contributed by atoms with Crippen molar-refractivity contribution in [2.75, 3.05) is 0 Å². The van der Waals surface area contributed by atoms with Crippen molar-refractivity contribution in [3.8, 4) is 11.8 Å². The molecule has 0 aliphatic rings. The van der Waals surface area contributed by atoms with Gasteiger partial charge in [-0.1, -0.05) is 36.4 Å². The molecule has 0 N–H and O–H groups in total. The third-order valence-electron chi connectivity index (χ3n) is 3.61. The van der Waals surface area contributed by atoms with Gasteiger partial charge in [0, 0.05) is 10.4 Å². The molecule has 0 aliphatic carbocycles. The molecule has 0 radical (unpaired) electrons. The molecule has 2 aromatic carbocycles. The summed E-state index contributed by atoms with van der Waals surface area (Å²) in [5, 5.41) is 11.2. The summed E-state index contributed by atoms with van der Waals surface area (Å²) >= 11 is 1.50. The van der Waals surface area contributed by atoms with E-state index < -0.39 is 5.82 Å². The summed E-state index contributed by atoms with van der Waals surface area (Å²) in [7, 11) is 0. The first-order valence-corrected chi connectivity index (χ1v) is 8.73. The van der Waals surface area contributed by atoms with Crippen molar-refractivity contribution < 1.29 is 13.9 Å². The minimum absolute atomic E-state index is 0.227. The maximum absolute atomic E-state index is 13.8. The monoisotopic (exact) mass is 363 g/mol. The highest BCUT2D eigenvalue weighted by molar-refractivity contribution is 7.10. The minimum Gasteiger partial charge on any atom is -0.426 e. The van der Waals surface area contributed by atoms with Crippen LogP contribution in [0.1, 0.15) is 16.0 Å². The molecule has 128 valence electrons. The van der Waals surface area contributed by atoms with Gasteiger partial charge in [0.15, 0.2) is 0 Å². The van der Waals surface area contributed by atoms with E-state index >= 15 is 0 Å². The number of halogens is 1. The molecule has 0 fully saturated rings. The predicted octanol–water partition coefficient (Wildman–Crippen LogP) is 5.10. The van der Waals surface area contributed by atoms with Gasteiger partial charge >= 0.3 is 5.97 Å². The molecule has 0 bridgehead atoms. The molecular formula is C21H14FNO2S. The van der Waals surface area contributed by atoms with Gasteiger partial charge in [-0.05, 0) is 41.3 Å². The average Bonchev–Trinajstić information content (AvgIpc) is 3.14. The highest BCUT2D eigenvalue weighted by Gasteiger charge is 2.09. The molecule has 26 heavy (non-hydrogen) atoms. The fourth-order valence-electron chi connectivity index (χ4n) is 2.37. The van der Waals surface area contributed by atoms with Gasteiger partial charge in [-0.3, -0.25) is 4.79 Å². The molecule has 0 amide bonds. The Labute approximate surface area is 154 Å². The number of nitriles is 1. The molecule has 3 nitrogen and oxygen atoms in total. The van der Waals surface area contributed by atoms with E-state index in [1.54, 1.807) is 48.5 Å².